The molecule has 0 rings (SSSR count). The summed E-state index contributed by atoms with van der Waals surface area (Å²) in [5.41, 5.74) is 0. The van der Waals surface area contributed by atoms with Crippen molar-refractivity contribution in [3.8, 4) is 0 Å². The zero-order valence-electron chi connectivity index (χ0n) is 56.6. The lowest BCUT2D eigenvalue weighted by atomic mass is 10.0. The third-order valence-electron chi connectivity index (χ3n) is 15.8. The van der Waals surface area contributed by atoms with Crippen molar-refractivity contribution in [1.29, 1.82) is 0 Å². The minimum atomic E-state index is -4.71. The maximum absolute atomic E-state index is 13.6. The summed E-state index contributed by atoms with van der Waals surface area (Å²) in [4.78, 5) is 40.2. The van der Waals surface area contributed by atoms with Crippen LogP contribution in [0.4, 0.5) is 0 Å². The topological polar surface area (TPSA) is 114 Å². The van der Waals surface area contributed by atoms with E-state index in [-0.39, 0.29) is 24.9 Å². The van der Waals surface area contributed by atoms with Crippen LogP contribution in [0.2, 0.25) is 0 Å². The molecular weight excluding hydrogens is 1070 g/mol. The van der Waals surface area contributed by atoms with Gasteiger partial charge < -0.3 is 28.5 Å². The second kappa shape index (κ2) is 64.2. The van der Waals surface area contributed by atoms with Crippen LogP contribution in [0.15, 0.2) is 85.1 Å². The Hall–Kier alpha value is -2.81. The lowest BCUT2D eigenvalue weighted by Gasteiger charge is -2.30. The summed E-state index contributed by atoms with van der Waals surface area (Å²) in [5.74, 6) is -0.541. The fraction of sp³-hybridized carbons (Fsp3) is 0.787. The predicted octanol–water partition coefficient (Wildman–Crippen LogP) is 22.3. The van der Waals surface area contributed by atoms with Gasteiger partial charge in [-0.15, -0.1) is 0 Å². The molecule has 0 spiro atoms. The second-order valence-electron chi connectivity index (χ2n) is 25.4. The van der Waals surface area contributed by atoms with E-state index in [4.69, 9.17) is 13.8 Å². The second-order valence-corrected chi connectivity index (χ2v) is 26.8. The number of amides is 1. The molecule has 0 heterocycles. The van der Waals surface area contributed by atoms with Crippen molar-refractivity contribution in [1.82, 2.24) is 5.32 Å². The van der Waals surface area contributed by atoms with Gasteiger partial charge in [-0.2, -0.15) is 0 Å². The zero-order chi connectivity index (χ0) is 62.1. The maximum atomic E-state index is 13.6. The molecule has 0 aromatic rings. The van der Waals surface area contributed by atoms with Crippen molar-refractivity contribution < 1.29 is 37.3 Å². The quantitative estimate of drug-likeness (QED) is 0.0212. The highest BCUT2D eigenvalue weighted by molar-refractivity contribution is 7.45. The first-order valence-corrected chi connectivity index (χ1v) is 37.4. The van der Waals surface area contributed by atoms with Gasteiger partial charge in [0.05, 0.1) is 33.8 Å². The monoisotopic (exact) mass is 1210 g/mol. The fourth-order valence-electron chi connectivity index (χ4n) is 10.2. The first-order chi connectivity index (χ1) is 41.4. The number of esters is 1. The number of nitrogens with one attached hydrogen (secondary N) is 1. The summed E-state index contributed by atoms with van der Waals surface area (Å²) in [6.07, 6.45) is 85.6. The number of carbonyl (C=O) groups is 2. The van der Waals surface area contributed by atoms with Gasteiger partial charge in [-0.25, -0.2) is 0 Å². The average molecular weight is 1210 g/mol. The van der Waals surface area contributed by atoms with Crippen LogP contribution in [0.3, 0.4) is 0 Å². The van der Waals surface area contributed by atoms with E-state index in [1.165, 1.54) is 212 Å². The maximum Gasteiger partial charge on any atom is 0.306 e. The van der Waals surface area contributed by atoms with Crippen molar-refractivity contribution in [3.05, 3.63) is 85.1 Å². The van der Waals surface area contributed by atoms with Crippen LogP contribution in [-0.2, 0) is 27.9 Å². The Labute approximate surface area is 526 Å². The first kappa shape index (κ1) is 82.2. The minimum Gasteiger partial charge on any atom is -0.756 e. The first-order valence-electron chi connectivity index (χ1n) is 35.9. The highest BCUT2D eigenvalue weighted by Crippen LogP contribution is 2.38. The minimum absolute atomic E-state index is 0.0252. The van der Waals surface area contributed by atoms with E-state index in [0.717, 1.165) is 83.5 Å². The van der Waals surface area contributed by atoms with Crippen LogP contribution < -0.4 is 10.2 Å². The molecule has 0 saturated heterocycles. The van der Waals surface area contributed by atoms with E-state index in [1.807, 2.05) is 33.3 Å². The number of unbranched alkanes of at least 4 members (excludes halogenated alkanes) is 37. The molecule has 0 radical (unpaired) electrons. The molecule has 9 nitrogen and oxygen atoms in total. The average Bonchev–Trinajstić information content (AvgIpc) is 3.59. The van der Waals surface area contributed by atoms with Crippen LogP contribution in [0, 0.1) is 0 Å². The van der Waals surface area contributed by atoms with Crippen molar-refractivity contribution >= 4 is 19.7 Å². The Morgan fingerprint density at radius 2 is 0.718 bits per heavy atom. The van der Waals surface area contributed by atoms with E-state index in [2.05, 4.69) is 99.0 Å². The summed E-state index contributed by atoms with van der Waals surface area (Å²) < 4.78 is 30.4. The van der Waals surface area contributed by atoms with E-state index < -0.39 is 26.6 Å². The molecule has 494 valence electrons. The highest BCUT2D eigenvalue weighted by atomic mass is 31.2. The Balaban J connectivity index is 5.01. The third-order valence-corrected chi connectivity index (χ3v) is 16.8. The van der Waals surface area contributed by atoms with Gasteiger partial charge in [0.15, 0.2) is 0 Å². The number of allylic oxidation sites excluding steroid dienone is 13. The molecular formula is C75H137N2O7P. The van der Waals surface area contributed by atoms with Crippen LogP contribution in [0.1, 0.15) is 329 Å². The van der Waals surface area contributed by atoms with E-state index in [9.17, 15) is 19.0 Å². The van der Waals surface area contributed by atoms with Crippen LogP contribution in [0.25, 0.3) is 0 Å². The molecule has 85 heavy (non-hydrogen) atoms. The van der Waals surface area contributed by atoms with Gasteiger partial charge in [0.25, 0.3) is 7.82 Å². The van der Waals surface area contributed by atoms with Gasteiger partial charge in [-0.05, 0) is 109 Å². The van der Waals surface area contributed by atoms with Crippen molar-refractivity contribution in [3.63, 3.8) is 0 Å². The Morgan fingerprint density at radius 3 is 1.09 bits per heavy atom. The Morgan fingerprint density at radius 1 is 0.412 bits per heavy atom. The number of ether oxygens (including phenoxy) is 1. The van der Waals surface area contributed by atoms with Gasteiger partial charge in [-0.3, -0.25) is 14.2 Å². The molecule has 3 atom stereocenters. The van der Waals surface area contributed by atoms with Crippen LogP contribution in [-0.4, -0.2) is 69.4 Å². The summed E-state index contributed by atoms with van der Waals surface area (Å²) >= 11 is 0. The number of hydrogen-bond donors (Lipinski definition) is 1. The number of hydrogen-bond acceptors (Lipinski definition) is 7. The van der Waals surface area contributed by atoms with Gasteiger partial charge in [0.1, 0.15) is 19.3 Å². The largest absolute Gasteiger partial charge is 0.756 e. The summed E-state index contributed by atoms with van der Waals surface area (Å²) in [7, 11) is 1.18. The van der Waals surface area contributed by atoms with Gasteiger partial charge in [-0.1, -0.05) is 292 Å². The summed E-state index contributed by atoms with van der Waals surface area (Å²) in [6, 6.07) is -0.894. The standard InChI is InChI=1S/C75H137N2O7P/c1-7-10-13-16-19-22-25-27-29-31-33-35-36-37-38-39-40-42-44-46-48-50-53-56-59-62-65-68-75(79)84-73(66-63-60-57-54-51-24-21-18-15-12-9-3)72(71-83-85(80,81)82-70-69-77(4,5)6)76-74(78)67-64-61-58-55-52-49-47-45-43-41-34-32-30-28-26-23-20-17-14-11-8-2/h19-20,22-23,27-30,33,35,37-38,63,66,72-73H,7-18,21,24-26,31-32,34,36,39-62,64-65,67-71H2,1-6H3,(H-,76,78,80,81)/b22-19-,23-20-,29-27-,30-28-,35-33-,38-37-,66-63-. The number of nitrogens with zero attached hydrogens (tertiary/aromatic N) is 1. The number of likely N-dealkylation sites (N-methyl/N-ethyl adjacent to an activating group) is 1. The van der Waals surface area contributed by atoms with Crippen molar-refractivity contribution in [2.24, 2.45) is 0 Å². The summed E-state index contributed by atoms with van der Waals surface area (Å²) in [6.45, 7) is 6.81. The third kappa shape index (κ3) is 65.5. The zero-order valence-corrected chi connectivity index (χ0v) is 57.4. The Bertz CT molecular complexity index is 1730. The molecule has 1 amide bonds. The molecule has 0 aliphatic rings. The van der Waals surface area contributed by atoms with Crippen LogP contribution in [0.5, 0.6) is 0 Å². The lowest BCUT2D eigenvalue weighted by Crippen LogP contribution is -2.47. The fourth-order valence-corrected chi connectivity index (χ4v) is 11.0. The normalized spacial score (nSPS) is 14.0. The highest BCUT2D eigenvalue weighted by Gasteiger charge is 2.27. The molecule has 3 unspecified atom stereocenters. The van der Waals surface area contributed by atoms with Crippen molar-refractivity contribution in [2.45, 2.75) is 341 Å². The molecule has 0 aliphatic carbocycles. The van der Waals surface area contributed by atoms with E-state index >= 15 is 0 Å². The molecule has 10 heteroatoms. The number of phosphoric acid groups is 1. The van der Waals surface area contributed by atoms with Gasteiger partial charge in [0, 0.05) is 12.8 Å². The molecule has 0 aromatic carbocycles. The lowest BCUT2D eigenvalue weighted by molar-refractivity contribution is -0.870. The van der Waals surface area contributed by atoms with Gasteiger partial charge >= 0.3 is 5.97 Å². The number of phosphoric ester groups is 1. The number of carbonyl (C=O) groups excluding carboxylic acids is 2. The summed E-state index contributed by atoms with van der Waals surface area (Å²) in [5, 5.41) is 3.04. The smallest absolute Gasteiger partial charge is 0.306 e. The number of quaternary nitrogens is 1. The molecule has 0 saturated carbocycles. The number of rotatable bonds is 65. The molecule has 0 bridgehead atoms. The van der Waals surface area contributed by atoms with Gasteiger partial charge in [0.2, 0.25) is 5.91 Å². The molecule has 0 aromatic heterocycles. The van der Waals surface area contributed by atoms with E-state index in [0.29, 0.717) is 17.4 Å². The molecule has 0 aliphatic heterocycles. The van der Waals surface area contributed by atoms with Crippen molar-refractivity contribution in [2.75, 3.05) is 40.9 Å². The van der Waals surface area contributed by atoms with Crippen LogP contribution >= 0.6 is 7.82 Å². The van der Waals surface area contributed by atoms with E-state index in [1.54, 1.807) is 0 Å². The Kier molecular flexibility index (Phi) is 62.1. The molecule has 0 fully saturated rings. The SMILES string of the molecule is CCCCC/C=C\C/C=C\C/C=C\C/C=C\CCCCCCCCCCCCCC(=O)OC(/C=C\CCCCCCCCCCC)C(COP(=O)([O-])OCC[N+](C)(C)C)NC(=O)CCCCCCCCCCCCC/C=C\C/C=C\CCCCC. The predicted molar refractivity (Wildman–Crippen MR) is 367 cm³/mol. The molecule has 1 N–H and O–H groups in total.